The molecule has 1 rings (SSSR count). The van der Waals surface area contributed by atoms with Gasteiger partial charge >= 0.3 is 0 Å². The second-order valence-corrected chi connectivity index (χ2v) is 4.53. The Hall–Kier alpha value is -1.02. The minimum Gasteiger partial charge on any atom is -0.384 e. The highest BCUT2D eigenvalue weighted by molar-refractivity contribution is 5.52. The van der Waals surface area contributed by atoms with Gasteiger partial charge in [-0.1, -0.05) is 25.5 Å². The van der Waals surface area contributed by atoms with Crippen molar-refractivity contribution >= 4 is 5.69 Å². The topological polar surface area (TPSA) is 24.1 Å². The first-order chi connectivity index (χ1) is 7.67. The van der Waals surface area contributed by atoms with Gasteiger partial charge in [-0.15, -0.1) is 0 Å². The predicted octanol–water partition coefficient (Wildman–Crippen LogP) is 2.96. The van der Waals surface area contributed by atoms with Crippen molar-refractivity contribution in [1.82, 2.24) is 5.32 Å². The molecule has 0 aromatic heterocycles. The molecule has 1 unspecified atom stereocenters. The summed E-state index contributed by atoms with van der Waals surface area (Å²) in [5.41, 5.74) is 3.91. The zero-order valence-corrected chi connectivity index (χ0v) is 10.9. The van der Waals surface area contributed by atoms with Gasteiger partial charge in [0.15, 0.2) is 0 Å². The van der Waals surface area contributed by atoms with Gasteiger partial charge in [0.05, 0.1) is 0 Å². The third-order valence-corrected chi connectivity index (χ3v) is 3.04. The first-order valence-electron chi connectivity index (χ1n) is 6.13. The van der Waals surface area contributed by atoms with E-state index in [1.807, 2.05) is 7.05 Å². The summed E-state index contributed by atoms with van der Waals surface area (Å²) >= 11 is 0. The van der Waals surface area contributed by atoms with E-state index in [0.717, 1.165) is 13.1 Å². The van der Waals surface area contributed by atoms with Crippen LogP contribution in [0.1, 0.15) is 24.5 Å². The molecule has 0 aliphatic rings. The van der Waals surface area contributed by atoms with Gasteiger partial charge < -0.3 is 10.6 Å². The van der Waals surface area contributed by atoms with Gasteiger partial charge in [0.2, 0.25) is 0 Å². The van der Waals surface area contributed by atoms with Crippen molar-refractivity contribution in [3.05, 3.63) is 29.3 Å². The molecule has 0 aliphatic carbocycles. The zero-order valence-electron chi connectivity index (χ0n) is 10.9. The Labute approximate surface area is 99.5 Å². The first-order valence-corrected chi connectivity index (χ1v) is 6.13. The third-order valence-electron chi connectivity index (χ3n) is 3.04. The second-order valence-electron chi connectivity index (χ2n) is 4.53. The van der Waals surface area contributed by atoms with Crippen molar-refractivity contribution in [2.75, 3.05) is 25.5 Å². The van der Waals surface area contributed by atoms with Crippen LogP contribution in [0.4, 0.5) is 5.69 Å². The summed E-state index contributed by atoms with van der Waals surface area (Å²) in [4.78, 5) is 0. The molecule has 0 saturated heterocycles. The standard InChI is InChI=1S/C14H24N2/c1-5-13(9-15-4)10-16-14-8-11(2)6-7-12(14)3/h6-8,13,15-16H,5,9-10H2,1-4H3. The van der Waals surface area contributed by atoms with Crippen LogP contribution in [0.15, 0.2) is 18.2 Å². The van der Waals surface area contributed by atoms with E-state index in [2.05, 4.69) is 49.6 Å². The minimum atomic E-state index is 0.699. The van der Waals surface area contributed by atoms with E-state index in [-0.39, 0.29) is 0 Å². The molecule has 1 aromatic rings. The van der Waals surface area contributed by atoms with E-state index in [1.54, 1.807) is 0 Å². The zero-order chi connectivity index (χ0) is 12.0. The normalized spacial score (nSPS) is 12.5. The van der Waals surface area contributed by atoms with Gasteiger partial charge in [-0.25, -0.2) is 0 Å². The number of aryl methyl sites for hydroxylation is 2. The van der Waals surface area contributed by atoms with E-state index in [4.69, 9.17) is 0 Å². The van der Waals surface area contributed by atoms with Crippen LogP contribution in [-0.4, -0.2) is 20.1 Å². The molecule has 0 fully saturated rings. The molecule has 0 aliphatic heterocycles. The maximum atomic E-state index is 3.55. The SMILES string of the molecule is CCC(CNC)CNc1cc(C)ccc1C. The maximum absolute atomic E-state index is 3.55. The minimum absolute atomic E-state index is 0.699. The van der Waals surface area contributed by atoms with Crippen LogP contribution in [0.5, 0.6) is 0 Å². The number of anilines is 1. The highest BCUT2D eigenvalue weighted by Gasteiger charge is 2.05. The van der Waals surface area contributed by atoms with Crippen LogP contribution in [0.3, 0.4) is 0 Å². The fraction of sp³-hybridized carbons (Fsp3) is 0.571. The molecule has 1 aromatic carbocycles. The number of rotatable bonds is 6. The molecule has 16 heavy (non-hydrogen) atoms. The fourth-order valence-electron chi connectivity index (χ4n) is 1.83. The average Bonchev–Trinajstić information content (AvgIpc) is 2.28. The van der Waals surface area contributed by atoms with Crippen LogP contribution in [-0.2, 0) is 0 Å². The van der Waals surface area contributed by atoms with Gasteiger partial charge in [-0.05, 0) is 50.6 Å². The average molecular weight is 220 g/mol. The lowest BCUT2D eigenvalue weighted by Crippen LogP contribution is -2.25. The van der Waals surface area contributed by atoms with E-state index < -0.39 is 0 Å². The molecule has 2 N–H and O–H groups in total. The number of hydrogen-bond donors (Lipinski definition) is 2. The quantitative estimate of drug-likeness (QED) is 0.770. The molecule has 0 heterocycles. The molecule has 0 amide bonds. The van der Waals surface area contributed by atoms with E-state index >= 15 is 0 Å². The van der Waals surface area contributed by atoms with Crippen LogP contribution >= 0.6 is 0 Å². The Kier molecular flexibility index (Phi) is 5.33. The molecule has 2 nitrogen and oxygen atoms in total. The molecule has 1 atom stereocenters. The molecule has 90 valence electrons. The van der Waals surface area contributed by atoms with Gasteiger partial charge in [-0.3, -0.25) is 0 Å². The summed E-state index contributed by atoms with van der Waals surface area (Å²) in [6.45, 7) is 8.65. The van der Waals surface area contributed by atoms with Crippen molar-refractivity contribution in [1.29, 1.82) is 0 Å². The Morgan fingerprint density at radius 2 is 1.94 bits per heavy atom. The lowest BCUT2D eigenvalue weighted by atomic mass is 10.1. The lowest BCUT2D eigenvalue weighted by molar-refractivity contribution is 0.506. The van der Waals surface area contributed by atoms with Crippen molar-refractivity contribution in [3.63, 3.8) is 0 Å². The first kappa shape index (κ1) is 13.0. The molecule has 0 spiro atoms. The van der Waals surface area contributed by atoms with Crippen molar-refractivity contribution in [2.45, 2.75) is 27.2 Å². The van der Waals surface area contributed by atoms with Gasteiger partial charge in [0, 0.05) is 12.2 Å². The van der Waals surface area contributed by atoms with Crippen LogP contribution in [0, 0.1) is 19.8 Å². The number of hydrogen-bond acceptors (Lipinski definition) is 2. The molecular formula is C14H24N2. The highest BCUT2D eigenvalue weighted by atomic mass is 14.9. The summed E-state index contributed by atoms with van der Waals surface area (Å²) in [5, 5.41) is 6.79. The Morgan fingerprint density at radius 1 is 1.19 bits per heavy atom. The molecular weight excluding hydrogens is 196 g/mol. The summed E-state index contributed by atoms with van der Waals surface area (Å²) in [6, 6.07) is 6.56. The van der Waals surface area contributed by atoms with Crippen molar-refractivity contribution < 1.29 is 0 Å². The number of benzene rings is 1. The molecule has 0 radical (unpaired) electrons. The van der Waals surface area contributed by atoms with Gasteiger partial charge in [-0.2, -0.15) is 0 Å². The molecule has 0 saturated carbocycles. The Morgan fingerprint density at radius 3 is 2.56 bits per heavy atom. The molecule has 0 bridgehead atoms. The van der Waals surface area contributed by atoms with Gasteiger partial charge in [0.25, 0.3) is 0 Å². The van der Waals surface area contributed by atoms with E-state index in [9.17, 15) is 0 Å². The smallest absolute Gasteiger partial charge is 0.0372 e. The maximum Gasteiger partial charge on any atom is 0.0372 e. The van der Waals surface area contributed by atoms with Crippen LogP contribution in [0.25, 0.3) is 0 Å². The van der Waals surface area contributed by atoms with E-state index in [1.165, 1.54) is 23.2 Å². The summed E-state index contributed by atoms with van der Waals surface area (Å²) < 4.78 is 0. The third kappa shape index (κ3) is 3.86. The van der Waals surface area contributed by atoms with Crippen LogP contribution < -0.4 is 10.6 Å². The monoisotopic (exact) mass is 220 g/mol. The van der Waals surface area contributed by atoms with E-state index in [0.29, 0.717) is 5.92 Å². The summed E-state index contributed by atoms with van der Waals surface area (Å²) in [6.07, 6.45) is 1.21. The fourth-order valence-corrected chi connectivity index (χ4v) is 1.83. The summed E-state index contributed by atoms with van der Waals surface area (Å²) in [5.74, 6) is 0.699. The lowest BCUT2D eigenvalue weighted by Gasteiger charge is -2.17. The Bertz CT molecular complexity index is 321. The summed E-state index contributed by atoms with van der Waals surface area (Å²) in [7, 11) is 2.01. The van der Waals surface area contributed by atoms with Gasteiger partial charge in [0.1, 0.15) is 0 Å². The number of nitrogens with one attached hydrogen (secondary N) is 2. The molecule has 2 heteroatoms. The van der Waals surface area contributed by atoms with Crippen molar-refractivity contribution in [2.24, 2.45) is 5.92 Å². The van der Waals surface area contributed by atoms with Crippen LogP contribution in [0.2, 0.25) is 0 Å². The highest BCUT2D eigenvalue weighted by Crippen LogP contribution is 2.17. The second kappa shape index (κ2) is 6.54. The largest absolute Gasteiger partial charge is 0.384 e. The predicted molar refractivity (Wildman–Crippen MR) is 72.1 cm³/mol. The van der Waals surface area contributed by atoms with Crippen molar-refractivity contribution in [3.8, 4) is 0 Å². The Balaban J connectivity index is 2.55.